The number of hydrogen-bond donors (Lipinski definition) is 1. The van der Waals surface area contributed by atoms with Crippen LogP contribution in [-0.2, 0) is 11.3 Å². The first kappa shape index (κ1) is 16.8. The minimum atomic E-state index is 0.177. The Morgan fingerprint density at radius 2 is 1.90 bits per heavy atom. The molecule has 1 fully saturated rings. The summed E-state index contributed by atoms with van der Waals surface area (Å²) >= 11 is 7.04. The molecule has 0 aromatic heterocycles. The minimum Gasteiger partial charge on any atom is -0.494 e. The number of methoxy groups -OCH3 is 1. The van der Waals surface area contributed by atoms with E-state index < -0.39 is 0 Å². The van der Waals surface area contributed by atoms with Gasteiger partial charge in [-0.2, -0.15) is 0 Å². The van der Waals surface area contributed by atoms with Gasteiger partial charge < -0.3 is 15.0 Å². The number of rotatable bonds is 4. The number of benzene rings is 1. The van der Waals surface area contributed by atoms with Crippen LogP contribution < -0.4 is 10.1 Å². The molecule has 0 atom stereocenters. The average Bonchev–Trinajstić information content (AvgIpc) is 2.45. The summed E-state index contributed by atoms with van der Waals surface area (Å²) in [5, 5.41) is 3.57. The molecule has 1 N–H and O–H groups in total. The van der Waals surface area contributed by atoms with Gasteiger partial charge in [-0.15, -0.1) is 0 Å². The number of nitrogens with one attached hydrogen (secondary N) is 1. The van der Waals surface area contributed by atoms with Crippen LogP contribution in [0.25, 0.3) is 0 Å². The van der Waals surface area contributed by atoms with Gasteiger partial charge in [-0.25, -0.2) is 0 Å². The third kappa shape index (κ3) is 4.44. The van der Waals surface area contributed by atoms with Gasteiger partial charge in [-0.3, -0.25) is 4.79 Å². The highest BCUT2D eigenvalue weighted by Crippen LogP contribution is 2.34. The van der Waals surface area contributed by atoms with Gasteiger partial charge in [0.25, 0.3) is 0 Å². The first-order chi connectivity index (χ1) is 10.0. The Morgan fingerprint density at radius 3 is 2.38 bits per heavy atom. The molecule has 0 aliphatic carbocycles. The van der Waals surface area contributed by atoms with Gasteiger partial charge in [0.2, 0.25) is 5.91 Å². The number of likely N-dealkylation sites (tertiary alicyclic amines) is 1. The van der Waals surface area contributed by atoms with E-state index in [9.17, 15) is 4.79 Å². The van der Waals surface area contributed by atoms with Gasteiger partial charge in [0.05, 0.1) is 16.1 Å². The van der Waals surface area contributed by atoms with Crippen LogP contribution in [0.15, 0.2) is 21.1 Å². The van der Waals surface area contributed by atoms with E-state index in [0.29, 0.717) is 6.04 Å². The highest BCUT2D eigenvalue weighted by molar-refractivity contribution is 9.11. The van der Waals surface area contributed by atoms with E-state index in [2.05, 4.69) is 49.3 Å². The number of nitrogens with zero attached hydrogens (tertiary/aromatic N) is 1. The summed E-state index contributed by atoms with van der Waals surface area (Å²) in [5.41, 5.74) is 1.20. The SMILES string of the molecule is COc1c(Br)cc(CNC2CCN(C(C)=O)CC2)cc1Br. The van der Waals surface area contributed by atoms with Crippen LogP contribution in [0.3, 0.4) is 0 Å². The van der Waals surface area contributed by atoms with Crippen molar-refractivity contribution in [2.45, 2.75) is 32.4 Å². The second kappa shape index (κ2) is 7.61. The lowest BCUT2D eigenvalue weighted by atomic mass is 10.0. The number of piperidine rings is 1. The molecular formula is C15H20Br2N2O2. The summed E-state index contributed by atoms with van der Waals surface area (Å²) in [5.74, 6) is 0.991. The molecule has 116 valence electrons. The van der Waals surface area contributed by atoms with Crippen LogP contribution in [0, 0.1) is 0 Å². The van der Waals surface area contributed by atoms with E-state index in [1.807, 2.05) is 4.90 Å². The van der Waals surface area contributed by atoms with Crippen molar-refractivity contribution in [3.8, 4) is 5.75 Å². The zero-order chi connectivity index (χ0) is 15.4. The first-order valence-corrected chi connectivity index (χ1v) is 8.60. The van der Waals surface area contributed by atoms with Crippen molar-refractivity contribution in [1.82, 2.24) is 10.2 Å². The van der Waals surface area contributed by atoms with E-state index >= 15 is 0 Å². The summed E-state index contributed by atoms with van der Waals surface area (Å²) in [6.45, 7) is 4.15. The highest BCUT2D eigenvalue weighted by Gasteiger charge is 2.20. The van der Waals surface area contributed by atoms with Gasteiger partial charge in [0, 0.05) is 32.6 Å². The number of ether oxygens (including phenoxy) is 1. The van der Waals surface area contributed by atoms with Gasteiger partial charge >= 0.3 is 0 Å². The third-order valence-electron chi connectivity index (χ3n) is 3.80. The van der Waals surface area contributed by atoms with Crippen molar-refractivity contribution in [3.63, 3.8) is 0 Å². The number of amides is 1. The molecule has 1 aromatic rings. The molecule has 4 nitrogen and oxygen atoms in total. The smallest absolute Gasteiger partial charge is 0.219 e. The quantitative estimate of drug-likeness (QED) is 0.813. The Morgan fingerprint density at radius 1 is 1.33 bits per heavy atom. The molecule has 21 heavy (non-hydrogen) atoms. The van der Waals surface area contributed by atoms with E-state index in [-0.39, 0.29) is 5.91 Å². The molecule has 1 aliphatic heterocycles. The van der Waals surface area contributed by atoms with Crippen LogP contribution in [0.5, 0.6) is 5.75 Å². The van der Waals surface area contributed by atoms with E-state index in [1.54, 1.807) is 14.0 Å². The summed E-state index contributed by atoms with van der Waals surface area (Å²) in [6, 6.07) is 4.61. The predicted octanol–water partition coefficient (Wildman–Crippen LogP) is 3.32. The standard InChI is InChI=1S/C15H20Br2N2O2/c1-10(20)19-5-3-12(4-6-19)18-9-11-7-13(16)15(21-2)14(17)8-11/h7-8,12,18H,3-6,9H2,1-2H3. The predicted molar refractivity (Wildman–Crippen MR) is 90.5 cm³/mol. The summed E-state index contributed by atoms with van der Waals surface area (Å²) < 4.78 is 7.20. The molecule has 6 heteroatoms. The molecule has 2 rings (SSSR count). The third-order valence-corrected chi connectivity index (χ3v) is 4.98. The summed E-state index contributed by atoms with van der Waals surface area (Å²) in [7, 11) is 1.66. The number of carbonyl (C=O) groups excluding carboxylic acids is 1. The van der Waals surface area contributed by atoms with Gasteiger partial charge in [0.15, 0.2) is 0 Å². The van der Waals surface area contributed by atoms with Crippen molar-refractivity contribution >= 4 is 37.8 Å². The normalized spacial score (nSPS) is 16.1. The van der Waals surface area contributed by atoms with Crippen LogP contribution in [0.4, 0.5) is 0 Å². The second-order valence-electron chi connectivity index (χ2n) is 5.25. The molecule has 1 saturated heterocycles. The fourth-order valence-electron chi connectivity index (χ4n) is 2.57. The Hall–Kier alpha value is -0.590. The number of halogens is 2. The Labute approximate surface area is 142 Å². The minimum absolute atomic E-state index is 0.177. The van der Waals surface area contributed by atoms with Crippen LogP contribution in [-0.4, -0.2) is 37.0 Å². The zero-order valence-corrected chi connectivity index (χ0v) is 15.5. The van der Waals surface area contributed by atoms with E-state index in [0.717, 1.165) is 47.2 Å². The van der Waals surface area contributed by atoms with Crippen molar-refractivity contribution in [3.05, 3.63) is 26.6 Å². The molecule has 0 saturated carbocycles. The molecule has 1 heterocycles. The molecular weight excluding hydrogens is 400 g/mol. The van der Waals surface area contributed by atoms with Crippen LogP contribution in [0.1, 0.15) is 25.3 Å². The molecule has 0 unspecified atom stereocenters. The Kier molecular flexibility index (Phi) is 6.08. The fraction of sp³-hybridized carbons (Fsp3) is 0.533. The average molecular weight is 420 g/mol. The summed E-state index contributed by atoms with van der Waals surface area (Å²) in [6.07, 6.45) is 2.02. The maximum Gasteiger partial charge on any atom is 0.219 e. The van der Waals surface area contributed by atoms with Gasteiger partial charge in [0.1, 0.15) is 5.75 Å². The van der Waals surface area contributed by atoms with E-state index in [1.165, 1.54) is 5.56 Å². The van der Waals surface area contributed by atoms with Crippen LogP contribution in [0.2, 0.25) is 0 Å². The molecule has 0 radical (unpaired) electrons. The highest BCUT2D eigenvalue weighted by atomic mass is 79.9. The molecule has 0 bridgehead atoms. The lowest BCUT2D eigenvalue weighted by Crippen LogP contribution is -2.43. The van der Waals surface area contributed by atoms with Crippen molar-refractivity contribution in [2.75, 3.05) is 20.2 Å². The maximum absolute atomic E-state index is 11.3. The Balaban J connectivity index is 1.88. The van der Waals surface area contributed by atoms with Crippen LogP contribution >= 0.6 is 31.9 Å². The zero-order valence-electron chi connectivity index (χ0n) is 12.3. The topological polar surface area (TPSA) is 41.6 Å². The molecule has 1 aromatic carbocycles. The largest absolute Gasteiger partial charge is 0.494 e. The first-order valence-electron chi connectivity index (χ1n) is 7.02. The number of carbonyl (C=O) groups is 1. The monoisotopic (exact) mass is 418 g/mol. The molecule has 1 amide bonds. The van der Waals surface area contributed by atoms with E-state index in [4.69, 9.17) is 4.74 Å². The lowest BCUT2D eigenvalue weighted by Gasteiger charge is -2.31. The van der Waals surface area contributed by atoms with Gasteiger partial charge in [-0.1, -0.05) is 0 Å². The maximum atomic E-state index is 11.3. The molecule has 1 aliphatic rings. The van der Waals surface area contributed by atoms with Gasteiger partial charge in [-0.05, 0) is 62.4 Å². The molecule has 0 spiro atoms. The van der Waals surface area contributed by atoms with Crippen molar-refractivity contribution < 1.29 is 9.53 Å². The Bertz CT molecular complexity index is 491. The summed E-state index contributed by atoms with van der Waals surface area (Å²) in [4.78, 5) is 13.2. The fourth-order valence-corrected chi connectivity index (χ4v) is 4.18. The van der Waals surface area contributed by atoms with Crippen molar-refractivity contribution in [1.29, 1.82) is 0 Å². The second-order valence-corrected chi connectivity index (χ2v) is 6.96. The van der Waals surface area contributed by atoms with Crippen molar-refractivity contribution in [2.24, 2.45) is 0 Å². The number of hydrogen-bond acceptors (Lipinski definition) is 3. The lowest BCUT2D eigenvalue weighted by molar-refractivity contribution is -0.129.